The maximum atomic E-state index is 12.8. The number of piperidine rings is 1. The van der Waals surface area contributed by atoms with Crippen LogP contribution in [-0.2, 0) is 13.2 Å². The van der Waals surface area contributed by atoms with E-state index in [-0.39, 0.29) is 11.9 Å². The van der Waals surface area contributed by atoms with Gasteiger partial charge in [0.1, 0.15) is 5.69 Å². The maximum Gasteiger partial charge on any atom is 0.433 e. The Hall–Kier alpha value is -2.58. The molecule has 0 radical (unpaired) electrons. The van der Waals surface area contributed by atoms with Gasteiger partial charge in [-0.2, -0.15) is 18.3 Å². The fourth-order valence-electron chi connectivity index (χ4n) is 2.86. The number of pyridine rings is 1. The van der Waals surface area contributed by atoms with Gasteiger partial charge in [0.2, 0.25) is 0 Å². The zero-order valence-electron chi connectivity index (χ0n) is 13.6. The molecule has 6 nitrogen and oxygen atoms in total. The summed E-state index contributed by atoms with van der Waals surface area (Å²) in [5.74, 6) is -0.185. The number of carbonyl (C=O) groups is 1. The molecule has 2 aromatic rings. The lowest BCUT2D eigenvalue weighted by atomic mass is 10.0. The van der Waals surface area contributed by atoms with Crippen LogP contribution in [0.2, 0.25) is 0 Å². The lowest BCUT2D eigenvalue weighted by molar-refractivity contribution is -0.141. The number of carbonyl (C=O) groups excluding carboxylic acids is 1. The van der Waals surface area contributed by atoms with Crippen LogP contribution in [0.3, 0.4) is 0 Å². The third-order valence-electron chi connectivity index (χ3n) is 4.20. The van der Waals surface area contributed by atoms with Crippen molar-refractivity contribution in [2.24, 2.45) is 7.05 Å². The number of anilines is 1. The first kappa shape index (κ1) is 17.2. The van der Waals surface area contributed by atoms with E-state index < -0.39 is 11.9 Å². The highest BCUT2D eigenvalue weighted by Crippen LogP contribution is 2.30. The average molecular weight is 353 g/mol. The topological polar surface area (TPSA) is 63.1 Å². The monoisotopic (exact) mass is 353 g/mol. The number of alkyl halides is 3. The second-order valence-electron chi connectivity index (χ2n) is 6.03. The minimum atomic E-state index is -4.45. The molecule has 0 unspecified atom stereocenters. The van der Waals surface area contributed by atoms with E-state index in [4.69, 9.17) is 0 Å². The van der Waals surface area contributed by atoms with E-state index in [9.17, 15) is 18.0 Å². The van der Waals surface area contributed by atoms with Gasteiger partial charge >= 0.3 is 6.18 Å². The average Bonchev–Trinajstić information content (AvgIpc) is 3.01. The van der Waals surface area contributed by atoms with Crippen LogP contribution in [0.4, 0.5) is 18.9 Å². The first-order valence-corrected chi connectivity index (χ1v) is 7.90. The van der Waals surface area contributed by atoms with Gasteiger partial charge < -0.3 is 10.2 Å². The minimum absolute atomic E-state index is 0.00659. The number of nitrogens with one attached hydrogen (secondary N) is 1. The summed E-state index contributed by atoms with van der Waals surface area (Å²) in [6.07, 6.45) is 1.19. The van der Waals surface area contributed by atoms with Crippen molar-refractivity contribution in [1.29, 1.82) is 0 Å². The molecule has 9 heteroatoms. The minimum Gasteiger partial charge on any atom is -0.371 e. The van der Waals surface area contributed by atoms with Crippen LogP contribution >= 0.6 is 0 Å². The van der Waals surface area contributed by atoms with E-state index in [1.165, 1.54) is 12.4 Å². The molecule has 1 N–H and O–H groups in total. The molecule has 1 amide bonds. The van der Waals surface area contributed by atoms with Gasteiger partial charge in [-0.25, -0.2) is 0 Å². The van der Waals surface area contributed by atoms with Gasteiger partial charge in [-0.1, -0.05) is 0 Å². The highest BCUT2D eigenvalue weighted by atomic mass is 19.4. The predicted molar refractivity (Wildman–Crippen MR) is 85.1 cm³/mol. The Kier molecular flexibility index (Phi) is 4.65. The summed E-state index contributed by atoms with van der Waals surface area (Å²) in [4.78, 5) is 17.4. The van der Waals surface area contributed by atoms with Crippen LogP contribution in [0.25, 0.3) is 0 Å². The summed E-state index contributed by atoms with van der Waals surface area (Å²) in [7, 11) is 1.74. The number of aromatic nitrogens is 3. The zero-order chi connectivity index (χ0) is 18.0. The van der Waals surface area contributed by atoms with E-state index in [1.807, 2.05) is 4.90 Å². The van der Waals surface area contributed by atoms with Gasteiger partial charge in [-0.3, -0.25) is 14.5 Å². The van der Waals surface area contributed by atoms with Gasteiger partial charge in [-0.05, 0) is 25.0 Å². The Morgan fingerprint density at radius 3 is 2.64 bits per heavy atom. The van der Waals surface area contributed by atoms with Crippen LogP contribution in [-0.4, -0.2) is 39.8 Å². The molecule has 1 fully saturated rings. The van der Waals surface area contributed by atoms with Crippen LogP contribution < -0.4 is 10.2 Å². The molecule has 0 atom stereocenters. The number of amides is 1. The maximum absolute atomic E-state index is 12.8. The lowest BCUT2D eigenvalue weighted by Crippen LogP contribution is -2.44. The molecule has 0 aromatic carbocycles. The summed E-state index contributed by atoms with van der Waals surface area (Å²) < 4.78 is 39.9. The highest BCUT2D eigenvalue weighted by molar-refractivity contribution is 5.93. The Morgan fingerprint density at radius 1 is 1.32 bits per heavy atom. The van der Waals surface area contributed by atoms with Crippen molar-refractivity contribution in [2.45, 2.75) is 25.1 Å². The molecule has 0 spiro atoms. The molecule has 3 heterocycles. The van der Waals surface area contributed by atoms with Crippen molar-refractivity contribution in [3.05, 3.63) is 42.0 Å². The summed E-state index contributed by atoms with van der Waals surface area (Å²) in [5, 5.41) is 6.91. The molecule has 1 aliphatic heterocycles. The first-order chi connectivity index (χ1) is 11.8. The highest BCUT2D eigenvalue weighted by Gasteiger charge is 2.33. The van der Waals surface area contributed by atoms with Crippen LogP contribution in [0.5, 0.6) is 0 Å². The predicted octanol–water partition coefficient (Wildman–Crippen LogP) is 2.23. The van der Waals surface area contributed by atoms with Crippen molar-refractivity contribution in [1.82, 2.24) is 20.1 Å². The summed E-state index contributed by atoms with van der Waals surface area (Å²) in [5.41, 5.74) is 0.102. The van der Waals surface area contributed by atoms with E-state index >= 15 is 0 Å². The second-order valence-corrected chi connectivity index (χ2v) is 6.03. The normalized spacial score (nSPS) is 16.1. The molecule has 1 aliphatic rings. The van der Waals surface area contributed by atoms with Gasteiger partial charge in [-0.15, -0.1) is 0 Å². The summed E-state index contributed by atoms with van der Waals surface area (Å²) in [6, 6.07) is 2.63. The Balaban J connectivity index is 1.58. The fourth-order valence-corrected chi connectivity index (χ4v) is 2.86. The molecule has 2 aromatic heterocycles. The van der Waals surface area contributed by atoms with Crippen molar-refractivity contribution in [3.63, 3.8) is 0 Å². The fraction of sp³-hybridized carbons (Fsp3) is 0.438. The summed E-state index contributed by atoms with van der Waals surface area (Å²) >= 11 is 0. The Labute approximate surface area is 142 Å². The molecule has 0 saturated carbocycles. The van der Waals surface area contributed by atoms with Crippen molar-refractivity contribution < 1.29 is 18.0 Å². The largest absolute Gasteiger partial charge is 0.433 e. The quantitative estimate of drug-likeness (QED) is 0.919. The van der Waals surface area contributed by atoms with Gasteiger partial charge in [0.25, 0.3) is 5.91 Å². The van der Waals surface area contributed by atoms with Gasteiger partial charge in [0.05, 0.1) is 11.8 Å². The number of nitrogens with zero attached hydrogens (tertiary/aromatic N) is 4. The van der Waals surface area contributed by atoms with Crippen LogP contribution in [0.1, 0.15) is 28.9 Å². The third-order valence-corrected chi connectivity index (χ3v) is 4.20. The lowest BCUT2D eigenvalue weighted by Gasteiger charge is -2.34. The van der Waals surface area contributed by atoms with Crippen LogP contribution in [0, 0.1) is 0 Å². The number of halogens is 3. The zero-order valence-corrected chi connectivity index (χ0v) is 13.6. The van der Waals surface area contributed by atoms with Crippen molar-refractivity contribution in [3.8, 4) is 0 Å². The molecule has 1 saturated heterocycles. The van der Waals surface area contributed by atoms with E-state index in [0.29, 0.717) is 37.2 Å². The number of aryl methyl sites for hydroxylation is 1. The molecular formula is C16H18F3N5O. The second kappa shape index (κ2) is 6.73. The SMILES string of the molecule is Cn1cc(C(=O)NC2CCN(c3ccnc(C(F)(F)F)c3)CC2)cn1. The van der Waals surface area contributed by atoms with Gasteiger partial charge in [0.15, 0.2) is 0 Å². The van der Waals surface area contributed by atoms with E-state index in [0.717, 1.165) is 6.07 Å². The van der Waals surface area contributed by atoms with Gasteiger partial charge in [0, 0.05) is 44.3 Å². The molecule has 25 heavy (non-hydrogen) atoms. The smallest absolute Gasteiger partial charge is 0.371 e. The molecule has 3 rings (SSSR count). The molecule has 0 aliphatic carbocycles. The van der Waals surface area contributed by atoms with E-state index in [1.54, 1.807) is 24.0 Å². The Bertz CT molecular complexity index is 750. The summed E-state index contributed by atoms with van der Waals surface area (Å²) in [6.45, 7) is 1.14. The number of hydrogen-bond donors (Lipinski definition) is 1. The molecule has 134 valence electrons. The first-order valence-electron chi connectivity index (χ1n) is 7.90. The van der Waals surface area contributed by atoms with E-state index in [2.05, 4.69) is 15.4 Å². The molecule has 0 bridgehead atoms. The van der Waals surface area contributed by atoms with Crippen molar-refractivity contribution in [2.75, 3.05) is 18.0 Å². The molecular weight excluding hydrogens is 335 g/mol. The third kappa shape index (κ3) is 4.09. The number of rotatable bonds is 3. The van der Waals surface area contributed by atoms with Crippen molar-refractivity contribution >= 4 is 11.6 Å². The number of hydrogen-bond acceptors (Lipinski definition) is 4. The van der Waals surface area contributed by atoms with Crippen LogP contribution in [0.15, 0.2) is 30.7 Å². The Morgan fingerprint density at radius 2 is 2.04 bits per heavy atom. The standard InChI is InChI=1S/C16H18F3N5O/c1-23-10-11(9-21-23)15(25)22-12-3-6-24(7-4-12)13-2-5-20-14(8-13)16(17,18)19/h2,5,8-10,12H,3-4,6-7H2,1H3,(H,22,25).